The van der Waals surface area contributed by atoms with Crippen LogP contribution < -0.4 is 0 Å². The van der Waals surface area contributed by atoms with Crippen molar-refractivity contribution < 1.29 is 14.3 Å². The second-order valence-electron chi connectivity index (χ2n) is 5.45. The van der Waals surface area contributed by atoms with E-state index < -0.39 is 0 Å². The Morgan fingerprint density at radius 2 is 1.83 bits per heavy atom. The van der Waals surface area contributed by atoms with E-state index in [1.165, 1.54) is 6.33 Å². The third kappa shape index (κ3) is 2.68. The van der Waals surface area contributed by atoms with Crippen LogP contribution in [0.3, 0.4) is 0 Å². The fourth-order valence-corrected chi connectivity index (χ4v) is 2.81. The Kier molecular flexibility index (Phi) is 3.80. The highest BCUT2D eigenvalue weighted by Gasteiger charge is 2.33. The van der Waals surface area contributed by atoms with Gasteiger partial charge < -0.3 is 9.47 Å². The monoisotopic (exact) mass is 321 g/mol. The summed E-state index contributed by atoms with van der Waals surface area (Å²) in [5.74, 6) is -0.360. The van der Waals surface area contributed by atoms with Gasteiger partial charge in [0.05, 0.1) is 5.56 Å². The number of benzene rings is 2. The van der Waals surface area contributed by atoms with Gasteiger partial charge in [-0.05, 0) is 17.7 Å². The summed E-state index contributed by atoms with van der Waals surface area (Å²) < 4.78 is 13.1. The molecule has 0 bridgehead atoms. The first-order chi connectivity index (χ1) is 11.8. The highest BCUT2D eigenvalue weighted by atomic mass is 16.6. The van der Waals surface area contributed by atoms with E-state index in [9.17, 15) is 4.79 Å². The molecule has 4 rings (SSSR count). The fraction of sp³-hybridized carbons (Fsp3) is 0.167. The van der Waals surface area contributed by atoms with Crippen LogP contribution in [0.2, 0.25) is 0 Å². The summed E-state index contributed by atoms with van der Waals surface area (Å²) in [6.45, 7) is 0.149. The molecule has 0 N–H and O–H groups in total. The van der Waals surface area contributed by atoms with E-state index in [0.717, 1.165) is 11.1 Å². The third-order valence-corrected chi connectivity index (χ3v) is 3.95. The van der Waals surface area contributed by atoms with Gasteiger partial charge in [-0.2, -0.15) is 5.10 Å². The minimum atomic E-state index is -0.360. The Morgan fingerprint density at radius 3 is 2.58 bits per heavy atom. The van der Waals surface area contributed by atoms with Gasteiger partial charge in [0, 0.05) is 5.56 Å². The lowest BCUT2D eigenvalue weighted by Gasteiger charge is -2.14. The quantitative estimate of drug-likeness (QED) is 0.691. The molecule has 2 aromatic carbocycles. The van der Waals surface area contributed by atoms with Gasteiger partial charge in [0.15, 0.2) is 6.23 Å². The van der Waals surface area contributed by atoms with E-state index in [2.05, 4.69) is 10.1 Å². The second kappa shape index (κ2) is 6.25. The number of carbonyl (C=O) groups is 1. The van der Waals surface area contributed by atoms with Crippen molar-refractivity contribution in [3.05, 3.63) is 83.9 Å². The molecule has 0 radical (unpaired) electrons. The SMILES string of the molecule is O=C(OC[C@H]1O[C@H](n2cncn2)c2ccccc21)c1ccccc1. The number of fused-ring (bicyclic) bond motifs is 1. The van der Waals surface area contributed by atoms with Gasteiger partial charge in [-0.25, -0.2) is 14.5 Å². The van der Waals surface area contributed by atoms with E-state index in [0.29, 0.717) is 5.56 Å². The minimum Gasteiger partial charge on any atom is -0.459 e. The number of hydrogen-bond acceptors (Lipinski definition) is 5. The molecule has 1 aliphatic heterocycles. The number of carbonyl (C=O) groups excluding carboxylic acids is 1. The molecule has 6 heteroatoms. The second-order valence-corrected chi connectivity index (χ2v) is 5.45. The Labute approximate surface area is 138 Å². The molecule has 1 aromatic heterocycles. The summed E-state index contributed by atoms with van der Waals surface area (Å²) in [6, 6.07) is 16.8. The Bertz CT molecular complexity index is 834. The number of rotatable bonds is 4. The summed E-state index contributed by atoms with van der Waals surface area (Å²) in [5, 5.41) is 4.15. The zero-order valence-electron chi connectivity index (χ0n) is 12.8. The first-order valence-corrected chi connectivity index (χ1v) is 7.63. The zero-order chi connectivity index (χ0) is 16.4. The first kappa shape index (κ1) is 14.6. The van der Waals surface area contributed by atoms with Gasteiger partial charge in [-0.1, -0.05) is 42.5 Å². The molecule has 0 amide bonds. The van der Waals surface area contributed by atoms with Gasteiger partial charge in [-0.15, -0.1) is 0 Å². The Balaban J connectivity index is 1.51. The van der Waals surface area contributed by atoms with Crippen molar-refractivity contribution in [2.24, 2.45) is 0 Å². The molecule has 6 nitrogen and oxygen atoms in total. The zero-order valence-corrected chi connectivity index (χ0v) is 12.8. The summed E-state index contributed by atoms with van der Waals surface area (Å²) in [4.78, 5) is 16.1. The van der Waals surface area contributed by atoms with Crippen molar-refractivity contribution in [1.82, 2.24) is 14.8 Å². The smallest absolute Gasteiger partial charge is 0.338 e. The van der Waals surface area contributed by atoms with Crippen LogP contribution in [-0.4, -0.2) is 27.3 Å². The van der Waals surface area contributed by atoms with Gasteiger partial charge in [-0.3, -0.25) is 0 Å². The van der Waals surface area contributed by atoms with Crippen LogP contribution >= 0.6 is 0 Å². The fourth-order valence-electron chi connectivity index (χ4n) is 2.81. The van der Waals surface area contributed by atoms with E-state index in [4.69, 9.17) is 9.47 Å². The highest BCUT2D eigenvalue weighted by Crippen LogP contribution is 2.39. The first-order valence-electron chi connectivity index (χ1n) is 7.63. The minimum absolute atomic E-state index is 0.149. The lowest BCUT2D eigenvalue weighted by atomic mass is 10.0. The molecule has 0 fully saturated rings. The van der Waals surface area contributed by atoms with Crippen molar-refractivity contribution in [1.29, 1.82) is 0 Å². The molecular formula is C18H15N3O3. The van der Waals surface area contributed by atoms with Crippen LogP contribution in [-0.2, 0) is 9.47 Å². The van der Waals surface area contributed by atoms with E-state index in [1.54, 1.807) is 35.3 Å². The summed E-state index contributed by atoms with van der Waals surface area (Å²) in [6.07, 6.45) is 2.39. The van der Waals surface area contributed by atoms with Crippen LogP contribution in [0.15, 0.2) is 67.3 Å². The van der Waals surface area contributed by atoms with E-state index >= 15 is 0 Å². The van der Waals surface area contributed by atoms with Crippen molar-refractivity contribution in [2.45, 2.75) is 12.3 Å². The van der Waals surface area contributed by atoms with Crippen LogP contribution in [0.25, 0.3) is 0 Å². The van der Waals surface area contributed by atoms with Crippen molar-refractivity contribution in [3.63, 3.8) is 0 Å². The van der Waals surface area contributed by atoms with Crippen LogP contribution in [0.1, 0.15) is 33.8 Å². The molecule has 0 spiro atoms. The van der Waals surface area contributed by atoms with Crippen molar-refractivity contribution in [3.8, 4) is 0 Å². The Hall–Kier alpha value is -2.99. The maximum atomic E-state index is 12.1. The molecule has 120 valence electrons. The van der Waals surface area contributed by atoms with Gasteiger partial charge >= 0.3 is 5.97 Å². The molecule has 3 aromatic rings. The van der Waals surface area contributed by atoms with Crippen LogP contribution in [0.5, 0.6) is 0 Å². The maximum Gasteiger partial charge on any atom is 0.338 e. The predicted molar refractivity (Wildman–Crippen MR) is 85.2 cm³/mol. The average Bonchev–Trinajstić information content (AvgIpc) is 3.28. The number of nitrogens with zero attached hydrogens (tertiary/aromatic N) is 3. The Morgan fingerprint density at radius 1 is 1.08 bits per heavy atom. The molecular weight excluding hydrogens is 306 g/mol. The summed E-state index contributed by atoms with van der Waals surface area (Å²) in [5.41, 5.74) is 2.53. The summed E-state index contributed by atoms with van der Waals surface area (Å²) in [7, 11) is 0. The summed E-state index contributed by atoms with van der Waals surface area (Å²) >= 11 is 0. The number of aromatic nitrogens is 3. The van der Waals surface area contributed by atoms with Crippen molar-refractivity contribution >= 4 is 5.97 Å². The average molecular weight is 321 g/mol. The molecule has 2 heterocycles. The number of hydrogen-bond donors (Lipinski definition) is 0. The molecule has 0 unspecified atom stereocenters. The molecule has 0 saturated carbocycles. The largest absolute Gasteiger partial charge is 0.459 e. The molecule has 0 aliphatic carbocycles. The molecule has 0 saturated heterocycles. The van der Waals surface area contributed by atoms with E-state index in [-0.39, 0.29) is 24.9 Å². The molecule has 2 atom stereocenters. The normalized spacial score (nSPS) is 19.0. The van der Waals surface area contributed by atoms with Crippen LogP contribution in [0, 0.1) is 0 Å². The topological polar surface area (TPSA) is 66.2 Å². The standard InChI is InChI=1S/C18H15N3O3/c22-18(13-6-2-1-3-7-13)23-10-16-14-8-4-5-9-15(14)17(24-16)21-12-19-11-20-21/h1-9,11-12,16-17H,10H2/t16-,17+/m1/s1. The predicted octanol–water partition coefficient (Wildman–Crippen LogP) is 2.75. The third-order valence-electron chi connectivity index (χ3n) is 3.95. The molecule has 1 aliphatic rings. The number of esters is 1. The lowest BCUT2D eigenvalue weighted by Crippen LogP contribution is -2.15. The highest BCUT2D eigenvalue weighted by molar-refractivity contribution is 5.89. The van der Waals surface area contributed by atoms with Gasteiger partial charge in [0.2, 0.25) is 0 Å². The number of ether oxygens (including phenoxy) is 2. The van der Waals surface area contributed by atoms with Gasteiger partial charge in [0.1, 0.15) is 25.4 Å². The maximum absolute atomic E-state index is 12.1. The van der Waals surface area contributed by atoms with Crippen molar-refractivity contribution in [2.75, 3.05) is 6.61 Å². The van der Waals surface area contributed by atoms with Gasteiger partial charge in [0.25, 0.3) is 0 Å². The molecule has 24 heavy (non-hydrogen) atoms. The van der Waals surface area contributed by atoms with Crippen LogP contribution in [0.4, 0.5) is 0 Å². The van der Waals surface area contributed by atoms with E-state index in [1.807, 2.05) is 30.3 Å². The lowest BCUT2D eigenvalue weighted by molar-refractivity contribution is -0.0455.